The highest BCUT2D eigenvalue weighted by molar-refractivity contribution is 6.01. The van der Waals surface area contributed by atoms with Gasteiger partial charge in [-0.15, -0.1) is 0 Å². The Bertz CT molecular complexity index is 1220. The average Bonchev–Trinajstić information content (AvgIpc) is 2.85. The van der Waals surface area contributed by atoms with E-state index in [-0.39, 0.29) is 0 Å². The smallest absolute Gasteiger partial charge is 0.00206 e. The van der Waals surface area contributed by atoms with Crippen LogP contribution < -0.4 is 0 Å². The highest BCUT2D eigenvalue weighted by Gasteiger charge is 2.18. The number of hydrogen-bond donors (Lipinski definition) is 0. The van der Waals surface area contributed by atoms with Crippen LogP contribution in [0.4, 0.5) is 0 Å². The standard InChI is InChI=1S/C32H26/c1-23-13-17-25(18-14-23)29-21-22-30(26-19-15-24(2)16-20-26)32(28-11-7-4-8-12-28)31(29)27-9-5-3-6-10-27/h3-22H,1-2H3. The van der Waals surface area contributed by atoms with Gasteiger partial charge < -0.3 is 0 Å². The lowest BCUT2D eigenvalue weighted by atomic mass is 9.83. The lowest BCUT2D eigenvalue weighted by molar-refractivity contribution is 1.46. The van der Waals surface area contributed by atoms with E-state index in [1.807, 2.05) is 0 Å². The Morgan fingerprint density at radius 2 is 0.656 bits per heavy atom. The first-order chi connectivity index (χ1) is 15.7. The zero-order chi connectivity index (χ0) is 21.9. The SMILES string of the molecule is Cc1ccc(-c2ccc(-c3ccc(C)cc3)c(-c3ccccc3)c2-c2ccccc2)cc1. The Morgan fingerprint density at radius 1 is 0.312 bits per heavy atom. The number of benzene rings is 5. The van der Waals surface area contributed by atoms with Crippen LogP contribution in [0.5, 0.6) is 0 Å². The summed E-state index contributed by atoms with van der Waals surface area (Å²) < 4.78 is 0. The van der Waals surface area contributed by atoms with E-state index in [1.165, 1.54) is 55.6 Å². The van der Waals surface area contributed by atoms with Gasteiger partial charge in [-0.3, -0.25) is 0 Å². The van der Waals surface area contributed by atoms with Crippen LogP contribution in [-0.4, -0.2) is 0 Å². The molecule has 0 aliphatic rings. The lowest BCUT2D eigenvalue weighted by Gasteiger charge is -2.21. The molecule has 0 N–H and O–H groups in total. The molecule has 0 unspecified atom stereocenters. The second-order valence-electron chi connectivity index (χ2n) is 8.37. The molecule has 0 spiro atoms. The summed E-state index contributed by atoms with van der Waals surface area (Å²) in [6.45, 7) is 4.27. The van der Waals surface area contributed by atoms with Gasteiger partial charge in [-0.05, 0) is 58.4 Å². The molecule has 0 nitrogen and oxygen atoms in total. The third-order valence-corrected chi connectivity index (χ3v) is 6.06. The molecule has 0 aliphatic heterocycles. The number of rotatable bonds is 4. The lowest BCUT2D eigenvalue weighted by Crippen LogP contribution is -1.94. The van der Waals surface area contributed by atoms with Crippen molar-refractivity contribution in [3.8, 4) is 44.5 Å². The molecule has 0 bridgehead atoms. The monoisotopic (exact) mass is 410 g/mol. The highest BCUT2D eigenvalue weighted by Crippen LogP contribution is 2.45. The molecule has 0 heteroatoms. The molecule has 0 saturated heterocycles. The van der Waals surface area contributed by atoms with Crippen LogP contribution >= 0.6 is 0 Å². The highest BCUT2D eigenvalue weighted by atomic mass is 14.2. The van der Waals surface area contributed by atoms with Gasteiger partial charge in [0.1, 0.15) is 0 Å². The first kappa shape index (κ1) is 20.0. The van der Waals surface area contributed by atoms with E-state index in [9.17, 15) is 0 Å². The van der Waals surface area contributed by atoms with Crippen molar-refractivity contribution < 1.29 is 0 Å². The molecule has 5 rings (SSSR count). The van der Waals surface area contributed by atoms with E-state index >= 15 is 0 Å². The van der Waals surface area contributed by atoms with Crippen LogP contribution in [0.1, 0.15) is 11.1 Å². The van der Waals surface area contributed by atoms with Gasteiger partial charge in [0.25, 0.3) is 0 Å². The Labute approximate surface area is 190 Å². The summed E-state index contributed by atoms with van der Waals surface area (Å²) in [5.74, 6) is 0. The van der Waals surface area contributed by atoms with Crippen LogP contribution in [0, 0.1) is 13.8 Å². The van der Waals surface area contributed by atoms with Crippen molar-refractivity contribution in [2.45, 2.75) is 13.8 Å². The molecule has 0 saturated carbocycles. The fourth-order valence-corrected chi connectivity index (χ4v) is 4.36. The molecule has 0 heterocycles. The van der Waals surface area contributed by atoms with Gasteiger partial charge >= 0.3 is 0 Å². The predicted molar refractivity (Wildman–Crippen MR) is 138 cm³/mol. The molecule has 5 aromatic rings. The van der Waals surface area contributed by atoms with Crippen LogP contribution in [0.2, 0.25) is 0 Å². The molecular weight excluding hydrogens is 384 g/mol. The Morgan fingerprint density at radius 3 is 1.00 bits per heavy atom. The van der Waals surface area contributed by atoms with Crippen molar-refractivity contribution in [2.75, 3.05) is 0 Å². The molecule has 0 radical (unpaired) electrons. The van der Waals surface area contributed by atoms with E-state index < -0.39 is 0 Å². The molecule has 0 amide bonds. The van der Waals surface area contributed by atoms with Crippen LogP contribution in [0.15, 0.2) is 121 Å². The first-order valence-corrected chi connectivity index (χ1v) is 11.1. The fourth-order valence-electron chi connectivity index (χ4n) is 4.36. The number of hydrogen-bond acceptors (Lipinski definition) is 0. The zero-order valence-electron chi connectivity index (χ0n) is 18.5. The summed E-state index contributed by atoms with van der Waals surface area (Å²) in [6, 6.07) is 43.8. The Kier molecular flexibility index (Phi) is 5.44. The van der Waals surface area contributed by atoms with Gasteiger partial charge in [-0.1, -0.05) is 132 Å². The van der Waals surface area contributed by atoms with Gasteiger partial charge in [-0.2, -0.15) is 0 Å². The normalized spacial score (nSPS) is 10.8. The fraction of sp³-hybridized carbons (Fsp3) is 0.0625. The van der Waals surface area contributed by atoms with Gasteiger partial charge in [0.2, 0.25) is 0 Å². The van der Waals surface area contributed by atoms with Crippen LogP contribution in [0.3, 0.4) is 0 Å². The number of aryl methyl sites for hydroxylation is 2. The van der Waals surface area contributed by atoms with E-state index in [2.05, 4.69) is 135 Å². The van der Waals surface area contributed by atoms with Crippen molar-refractivity contribution in [3.05, 3.63) is 132 Å². The van der Waals surface area contributed by atoms with Crippen molar-refractivity contribution in [1.29, 1.82) is 0 Å². The first-order valence-electron chi connectivity index (χ1n) is 11.1. The summed E-state index contributed by atoms with van der Waals surface area (Å²) in [7, 11) is 0. The van der Waals surface area contributed by atoms with Crippen LogP contribution in [-0.2, 0) is 0 Å². The minimum Gasteiger partial charge on any atom is -0.0622 e. The van der Waals surface area contributed by atoms with Gasteiger partial charge in [0, 0.05) is 0 Å². The van der Waals surface area contributed by atoms with Crippen LogP contribution in [0.25, 0.3) is 44.5 Å². The molecule has 0 aromatic heterocycles. The summed E-state index contributed by atoms with van der Waals surface area (Å²) in [5, 5.41) is 0. The molecule has 0 atom stereocenters. The Balaban J connectivity index is 1.88. The van der Waals surface area contributed by atoms with E-state index in [0.29, 0.717) is 0 Å². The summed E-state index contributed by atoms with van der Waals surface area (Å²) in [6.07, 6.45) is 0. The molecule has 5 aromatic carbocycles. The second-order valence-corrected chi connectivity index (χ2v) is 8.37. The molecular formula is C32H26. The predicted octanol–water partition coefficient (Wildman–Crippen LogP) is 8.97. The minimum absolute atomic E-state index is 1.23. The van der Waals surface area contributed by atoms with E-state index in [0.717, 1.165) is 0 Å². The topological polar surface area (TPSA) is 0 Å². The van der Waals surface area contributed by atoms with E-state index in [1.54, 1.807) is 0 Å². The maximum Gasteiger partial charge on any atom is -0.00206 e. The summed E-state index contributed by atoms with van der Waals surface area (Å²) in [4.78, 5) is 0. The third kappa shape index (κ3) is 3.88. The maximum atomic E-state index is 2.29. The quantitative estimate of drug-likeness (QED) is 0.277. The summed E-state index contributed by atoms with van der Waals surface area (Å²) >= 11 is 0. The van der Waals surface area contributed by atoms with Gasteiger partial charge in [0.05, 0.1) is 0 Å². The van der Waals surface area contributed by atoms with E-state index in [4.69, 9.17) is 0 Å². The largest absolute Gasteiger partial charge is 0.0622 e. The molecule has 0 fully saturated rings. The Hall–Kier alpha value is -3.90. The van der Waals surface area contributed by atoms with Crippen molar-refractivity contribution in [2.24, 2.45) is 0 Å². The second kappa shape index (κ2) is 8.69. The molecule has 154 valence electrons. The van der Waals surface area contributed by atoms with Crippen molar-refractivity contribution in [3.63, 3.8) is 0 Å². The zero-order valence-corrected chi connectivity index (χ0v) is 18.5. The summed E-state index contributed by atoms with van der Waals surface area (Å²) in [5.41, 5.74) is 12.6. The minimum atomic E-state index is 1.23. The van der Waals surface area contributed by atoms with Crippen molar-refractivity contribution in [1.82, 2.24) is 0 Å². The van der Waals surface area contributed by atoms with Gasteiger partial charge in [0.15, 0.2) is 0 Å². The average molecular weight is 411 g/mol. The maximum absolute atomic E-state index is 2.29. The molecule has 32 heavy (non-hydrogen) atoms. The third-order valence-electron chi connectivity index (χ3n) is 6.06. The molecule has 0 aliphatic carbocycles. The van der Waals surface area contributed by atoms with Gasteiger partial charge in [-0.25, -0.2) is 0 Å². The van der Waals surface area contributed by atoms with Crippen molar-refractivity contribution >= 4 is 0 Å².